The summed E-state index contributed by atoms with van der Waals surface area (Å²) in [5.41, 5.74) is 5.53. The molecule has 0 aliphatic heterocycles. The minimum absolute atomic E-state index is 0.211. The molecular formula is C17H15NO8S2. The zero-order valence-corrected chi connectivity index (χ0v) is 15.7. The standard InChI is InChI=1S/C10H8O7S2.C7H7NO/c11-7-4-5-8(18(12,13)14)6-2-1-3-9(10(6)7)19(15,16)17;8-7(9)6-4-2-1-3-5-6/h1-5,11H,(H,12,13,14)(H,15,16,17);1-5H,(H2,8,9). The second-order valence-electron chi connectivity index (χ2n) is 5.44. The molecule has 0 fully saturated rings. The largest absolute Gasteiger partial charge is 0.507 e. The van der Waals surface area contributed by atoms with E-state index in [-0.39, 0.29) is 16.7 Å². The van der Waals surface area contributed by atoms with Crippen LogP contribution in [0.5, 0.6) is 5.75 Å². The first-order valence-corrected chi connectivity index (χ1v) is 10.4. The second-order valence-corrected chi connectivity index (χ2v) is 8.22. The van der Waals surface area contributed by atoms with Gasteiger partial charge in [-0.15, -0.1) is 0 Å². The Bertz CT molecular complexity index is 1240. The normalized spacial score (nSPS) is 11.5. The number of carbonyl (C=O) groups excluding carboxylic acids is 1. The molecule has 0 radical (unpaired) electrons. The fourth-order valence-corrected chi connectivity index (χ4v) is 3.78. The third-order valence-corrected chi connectivity index (χ3v) is 5.36. The van der Waals surface area contributed by atoms with Gasteiger partial charge >= 0.3 is 0 Å². The van der Waals surface area contributed by atoms with Gasteiger partial charge < -0.3 is 10.8 Å². The summed E-state index contributed by atoms with van der Waals surface area (Å²) in [7, 11) is -9.25. The highest BCUT2D eigenvalue weighted by atomic mass is 32.2. The zero-order valence-electron chi connectivity index (χ0n) is 14.1. The third kappa shape index (κ3) is 4.84. The van der Waals surface area contributed by atoms with Gasteiger partial charge in [-0.1, -0.05) is 30.3 Å². The molecule has 28 heavy (non-hydrogen) atoms. The van der Waals surface area contributed by atoms with Gasteiger partial charge in [-0.3, -0.25) is 13.9 Å². The molecule has 148 valence electrons. The molecule has 0 saturated heterocycles. The van der Waals surface area contributed by atoms with Crippen molar-refractivity contribution < 1.29 is 35.8 Å². The van der Waals surface area contributed by atoms with Gasteiger partial charge in [0.25, 0.3) is 20.2 Å². The molecule has 0 heterocycles. The van der Waals surface area contributed by atoms with E-state index in [4.69, 9.17) is 14.8 Å². The molecule has 5 N–H and O–H groups in total. The Labute approximate surface area is 160 Å². The molecule has 0 saturated carbocycles. The number of carbonyl (C=O) groups is 1. The lowest BCUT2D eigenvalue weighted by Gasteiger charge is -2.08. The number of rotatable bonds is 3. The van der Waals surface area contributed by atoms with Gasteiger partial charge in [-0.25, -0.2) is 0 Å². The van der Waals surface area contributed by atoms with Gasteiger partial charge in [-0.05, 0) is 30.3 Å². The molecule has 9 nitrogen and oxygen atoms in total. The lowest BCUT2D eigenvalue weighted by atomic mass is 10.1. The highest BCUT2D eigenvalue weighted by Gasteiger charge is 2.22. The molecule has 0 atom stereocenters. The van der Waals surface area contributed by atoms with Crippen LogP contribution >= 0.6 is 0 Å². The lowest BCUT2D eigenvalue weighted by molar-refractivity contribution is 0.1000. The number of phenols is 1. The van der Waals surface area contributed by atoms with E-state index in [0.29, 0.717) is 5.56 Å². The Morgan fingerprint density at radius 3 is 1.79 bits per heavy atom. The van der Waals surface area contributed by atoms with Crippen LogP contribution < -0.4 is 5.73 Å². The molecule has 0 aliphatic carbocycles. The van der Waals surface area contributed by atoms with E-state index in [9.17, 15) is 26.7 Å². The summed E-state index contributed by atoms with van der Waals surface area (Å²) < 4.78 is 62.9. The van der Waals surface area contributed by atoms with Crippen molar-refractivity contribution in [1.82, 2.24) is 0 Å². The maximum absolute atomic E-state index is 11.2. The summed E-state index contributed by atoms with van der Waals surface area (Å²) in [5.74, 6) is -0.911. The molecule has 3 rings (SSSR count). The van der Waals surface area contributed by atoms with Gasteiger partial charge in [-0.2, -0.15) is 16.8 Å². The molecule has 0 spiro atoms. The van der Waals surface area contributed by atoms with Crippen molar-refractivity contribution in [3.63, 3.8) is 0 Å². The highest BCUT2D eigenvalue weighted by molar-refractivity contribution is 7.86. The summed E-state index contributed by atoms with van der Waals surface area (Å²) in [6.45, 7) is 0. The van der Waals surface area contributed by atoms with Crippen molar-refractivity contribution in [3.05, 3.63) is 66.2 Å². The summed E-state index contributed by atoms with van der Waals surface area (Å²) in [6.07, 6.45) is 0. The molecule has 11 heteroatoms. The Hall–Kier alpha value is -2.99. The molecule has 0 unspecified atom stereocenters. The van der Waals surface area contributed by atoms with Crippen molar-refractivity contribution in [1.29, 1.82) is 0 Å². The maximum Gasteiger partial charge on any atom is 0.295 e. The number of nitrogens with two attached hydrogens (primary N) is 1. The summed E-state index contributed by atoms with van der Waals surface area (Å²) in [4.78, 5) is 9.21. The fraction of sp³-hybridized carbons (Fsp3) is 0. The van der Waals surface area contributed by atoms with Crippen LogP contribution in [0.3, 0.4) is 0 Å². The van der Waals surface area contributed by atoms with Crippen molar-refractivity contribution in [2.24, 2.45) is 5.73 Å². The van der Waals surface area contributed by atoms with Crippen LogP contribution in [0.15, 0.2) is 70.5 Å². The van der Waals surface area contributed by atoms with E-state index < -0.39 is 35.8 Å². The van der Waals surface area contributed by atoms with E-state index in [1.165, 1.54) is 12.1 Å². The van der Waals surface area contributed by atoms with Crippen LogP contribution in [-0.4, -0.2) is 37.0 Å². The molecule has 3 aromatic carbocycles. The summed E-state index contributed by atoms with van der Waals surface area (Å²) in [5, 5.41) is 9.07. The Kier molecular flexibility index (Phi) is 6.04. The predicted molar refractivity (Wildman–Crippen MR) is 100 cm³/mol. The smallest absolute Gasteiger partial charge is 0.295 e. The van der Waals surface area contributed by atoms with Crippen LogP contribution in [0.25, 0.3) is 10.8 Å². The minimum atomic E-state index is -4.65. The molecule has 1 amide bonds. The minimum Gasteiger partial charge on any atom is -0.507 e. The van der Waals surface area contributed by atoms with E-state index >= 15 is 0 Å². The number of aromatic hydroxyl groups is 1. The van der Waals surface area contributed by atoms with Crippen molar-refractivity contribution in [3.8, 4) is 5.75 Å². The van der Waals surface area contributed by atoms with E-state index in [0.717, 1.165) is 18.2 Å². The molecule has 0 bridgehead atoms. The van der Waals surface area contributed by atoms with Crippen LogP contribution in [-0.2, 0) is 20.2 Å². The lowest BCUT2D eigenvalue weighted by Crippen LogP contribution is -2.09. The Morgan fingerprint density at radius 1 is 0.750 bits per heavy atom. The van der Waals surface area contributed by atoms with Gasteiger partial charge in [0, 0.05) is 16.3 Å². The quantitative estimate of drug-likeness (QED) is 0.460. The average Bonchev–Trinajstić information content (AvgIpc) is 2.61. The SMILES string of the molecule is NC(=O)c1ccccc1.O=S(=O)(O)c1ccc(O)c2c(S(=O)(=O)O)cccc12. The van der Waals surface area contributed by atoms with Gasteiger partial charge in [0.15, 0.2) is 0 Å². The van der Waals surface area contributed by atoms with Gasteiger partial charge in [0.05, 0.1) is 0 Å². The van der Waals surface area contributed by atoms with Crippen molar-refractivity contribution >= 4 is 36.9 Å². The van der Waals surface area contributed by atoms with Crippen LogP contribution in [0.2, 0.25) is 0 Å². The van der Waals surface area contributed by atoms with Crippen molar-refractivity contribution in [2.45, 2.75) is 9.79 Å². The highest BCUT2D eigenvalue weighted by Crippen LogP contribution is 2.34. The topological polar surface area (TPSA) is 172 Å². The number of amides is 1. The van der Waals surface area contributed by atoms with E-state index in [1.807, 2.05) is 6.07 Å². The Morgan fingerprint density at radius 2 is 1.32 bits per heavy atom. The summed E-state index contributed by atoms with van der Waals surface area (Å²) >= 11 is 0. The number of phenolic OH excluding ortho intramolecular Hbond substituents is 1. The molecular weight excluding hydrogens is 410 g/mol. The van der Waals surface area contributed by atoms with E-state index in [2.05, 4.69) is 0 Å². The first kappa shape index (κ1) is 21.3. The van der Waals surface area contributed by atoms with Crippen LogP contribution in [0, 0.1) is 0 Å². The average molecular weight is 425 g/mol. The number of benzene rings is 3. The van der Waals surface area contributed by atoms with E-state index in [1.54, 1.807) is 24.3 Å². The number of hydrogen-bond acceptors (Lipinski definition) is 6. The van der Waals surface area contributed by atoms with Gasteiger partial charge in [0.2, 0.25) is 5.91 Å². The number of fused-ring (bicyclic) bond motifs is 1. The van der Waals surface area contributed by atoms with Crippen LogP contribution in [0.1, 0.15) is 10.4 Å². The summed E-state index contributed by atoms with van der Waals surface area (Å²) in [6, 6.07) is 14.0. The Balaban J connectivity index is 0.000000261. The molecule has 0 aromatic heterocycles. The fourth-order valence-electron chi connectivity index (χ4n) is 2.37. The molecule has 3 aromatic rings. The molecule has 0 aliphatic rings. The first-order valence-electron chi connectivity index (χ1n) is 7.47. The van der Waals surface area contributed by atoms with Crippen molar-refractivity contribution in [2.75, 3.05) is 0 Å². The predicted octanol–water partition coefficient (Wildman–Crippen LogP) is 1.82. The monoisotopic (exact) mass is 425 g/mol. The third-order valence-electron chi connectivity index (χ3n) is 3.55. The number of hydrogen-bond donors (Lipinski definition) is 4. The van der Waals surface area contributed by atoms with Gasteiger partial charge in [0.1, 0.15) is 15.5 Å². The first-order chi connectivity index (χ1) is 12.9. The second kappa shape index (κ2) is 7.94. The van der Waals surface area contributed by atoms with Crippen LogP contribution in [0.4, 0.5) is 0 Å². The maximum atomic E-state index is 11.2. The number of primary amides is 1. The zero-order chi connectivity index (χ0) is 21.1.